The van der Waals surface area contributed by atoms with Gasteiger partial charge in [-0.05, 0) is 24.2 Å². The molecule has 0 radical (unpaired) electrons. The van der Waals surface area contributed by atoms with Crippen LogP contribution in [0.2, 0.25) is 18.1 Å². The van der Waals surface area contributed by atoms with Crippen LogP contribution in [0.3, 0.4) is 0 Å². The Morgan fingerprint density at radius 2 is 2.11 bits per heavy atom. The predicted octanol–water partition coefficient (Wildman–Crippen LogP) is 3.49. The van der Waals surface area contributed by atoms with E-state index in [9.17, 15) is 4.79 Å². The highest BCUT2D eigenvalue weighted by Gasteiger charge is 2.38. The molecule has 5 heteroatoms. The molecule has 1 heterocycles. The number of rotatable bonds is 4. The molecule has 0 spiro atoms. The quantitative estimate of drug-likeness (QED) is 0.445. The largest absolute Gasteiger partial charge is 0.544 e. The van der Waals surface area contributed by atoms with Crippen molar-refractivity contribution >= 4 is 14.4 Å². The third-order valence-electron chi connectivity index (χ3n) is 3.43. The first-order chi connectivity index (χ1) is 8.13. The molecule has 0 aromatic rings. The van der Waals surface area contributed by atoms with Gasteiger partial charge < -0.3 is 9.16 Å². The van der Waals surface area contributed by atoms with E-state index < -0.39 is 8.32 Å². The SMILES string of the molecule is C=C(/C=C\N1CCOC1=O)O[Si](C)(C)C(C)(C)C. The van der Waals surface area contributed by atoms with Crippen molar-refractivity contribution in [3.8, 4) is 0 Å². The number of hydrogen-bond donors (Lipinski definition) is 0. The van der Waals surface area contributed by atoms with Gasteiger partial charge >= 0.3 is 6.09 Å². The summed E-state index contributed by atoms with van der Waals surface area (Å²) < 4.78 is 10.8. The zero-order valence-electron chi connectivity index (χ0n) is 11.9. The van der Waals surface area contributed by atoms with Gasteiger partial charge in [0.25, 0.3) is 0 Å². The van der Waals surface area contributed by atoms with Crippen LogP contribution in [-0.4, -0.2) is 32.5 Å². The Morgan fingerprint density at radius 3 is 2.56 bits per heavy atom. The lowest BCUT2D eigenvalue weighted by Gasteiger charge is -2.36. The Hall–Kier alpha value is -1.23. The molecule has 0 N–H and O–H groups in total. The summed E-state index contributed by atoms with van der Waals surface area (Å²) in [7, 11) is -1.85. The summed E-state index contributed by atoms with van der Waals surface area (Å²) in [5, 5.41) is 0.135. The second-order valence-corrected chi connectivity index (χ2v) is 10.7. The maximum absolute atomic E-state index is 11.2. The number of ether oxygens (including phenoxy) is 1. The Balaban J connectivity index is 2.57. The number of allylic oxidation sites excluding steroid dienone is 1. The molecule has 0 aliphatic carbocycles. The summed E-state index contributed by atoms with van der Waals surface area (Å²) in [6, 6.07) is 0. The maximum Gasteiger partial charge on any atom is 0.413 e. The molecule has 1 rings (SSSR count). The molecule has 4 nitrogen and oxygen atoms in total. The van der Waals surface area contributed by atoms with E-state index in [0.29, 0.717) is 18.9 Å². The van der Waals surface area contributed by atoms with E-state index in [2.05, 4.69) is 40.4 Å². The van der Waals surface area contributed by atoms with Crippen LogP contribution in [0, 0.1) is 0 Å². The van der Waals surface area contributed by atoms with Crippen LogP contribution >= 0.6 is 0 Å². The second-order valence-electron chi connectivity index (χ2n) is 5.95. The van der Waals surface area contributed by atoms with Gasteiger partial charge in [0.05, 0.1) is 12.3 Å². The molecular formula is C13H23NO3Si. The lowest BCUT2D eigenvalue weighted by Crippen LogP contribution is -2.40. The number of carbonyl (C=O) groups excluding carboxylic acids is 1. The standard InChI is InChI=1S/C13H23NO3Si/c1-11(17-18(5,6)13(2,3)4)7-8-14-9-10-16-12(14)15/h7-8H,1,9-10H2,2-6H3/b8-7-. The van der Waals surface area contributed by atoms with Gasteiger partial charge in [-0.1, -0.05) is 27.4 Å². The molecular weight excluding hydrogens is 246 g/mol. The van der Waals surface area contributed by atoms with Gasteiger partial charge in [0.2, 0.25) is 8.32 Å². The zero-order chi connectivity index (χ0) is 14.0. The van der Waals surface area contributed by atoms with E-state index in [1.54, 1.807) is 12.3 Å². The zero-order valence-corrected chi connectivity index (χ0v) is 12.9. The fourth-order valence-corrected chi connectivity index (χ4v) is 2.26. The number of cyclic esters (lactones) is 1. The molecule has 0 unspecified atom stereocenters. The molecule has 1 fully saturated rings. The minimum atomic E-state index is -1.85. The lowest BCUT2D eigenvalue weighted by molar-refractivity contribution is 0.166. The maximum atomic E-state index is 11.2. The van der Waals surface area contributed by atoms with E-state index in [1.165, 1.54) is 4.90 Å². The van der Waals surface area contributed by atoms with Crippen LogP contribution in [0.1, 0.15) is 20.8 Å². The van der Waals surface area contributed by atoms with Gasteiger partial charge in [-0.3, -0.25) is 4.90 Å². The fraction of sp³-hybridized carbons (Fsp3) is 0.615. The molecule has 0 bridgehead atoms. The van der Waals surface area contributed by atoms with E-state index in [1.807, 2.05) is 0 Å². The predicted molar refractivity (Wildman–Crippen MR) is 74.6 cm³/mol. The first kappa shape index (κ1) is 14.8. The van der Waals surface area contributed by atoms with Gasteiger partial charge in [0.15, 0.2) is 0 Å². The van der Waals surface area contributed by atoms with E-state index in [0.717, 1.165) is 0 Å². The lowest BCUT2D eigenvalue weighted by atomic mass is 10.2. The Morgan fingerprint density at radius 1 is 1.50 bits per heavy atom. The van der Waals surface area contributed by atoms with Gasteiger partial charge in [-0.15, -0.1) is 0 Å². The molecule has 1 amide bonds. The van der Waals surface area contributed by atoms with Crippen molar-refractivity contribution in [1.29, 1.82) is 0 Å². The van der Waals surface area contributed by atoms with Crippen LogP contribution in [0.15, 0.2) is 24.6 Å². The minimum absolute atomic E-state index is 0.135. The van der Waals surface area contributed by atoms with Crippen LogP contribution in [0.25, 0.3) is 0 Å². The normalized spacial score (nSPS) is 17.2. The van der Waals surface area contributed by atoms with Crippen molar-refractivity contribution in [2.45, 2.75) is 38.9 Å². The Labute approximate surface area is 110 Å². The summed E-state index contributed by atoms with van der Waals surface area (Å²) in [5.41, 5.74) is 0. The number of nitrogens with zero attached hydrogens (tertiary/aromatic N) is 1. The summed E-state index contributed by atoms with van der Waals surface area (Å²) in [6.45, 7) is 15.8. The third-order valence-corrected chi connectivity index (χ3v) is 7.81. The monoisotopic (exact) mass is 269 g/mol. The summed E-state index contributed by atoms with van der Waals surface area (Å²) >= 11 is 0. The highest BCUT2D eigenvalue weighted by Crippen LogP contribution is 2.37. The topological polar surface area (TPSA) is 38.8 Å². The third kappa shape index (κ3) is 3.63. The minimum Gasteiger partial charge on any atom is -0.544 e. The number of amides is 1. The van der Waals surface area contributed by atoms with Crippen LogP contribution in [0.5, 0.6) is 0 Å². The van der Waals surface area contributed by atoms with Gasteiger partial charge in [0.1, 0.15) is 6.61 Å². The first-order valence-electron chi connectivity index (χ1n) is 6.13. The Kier molecular flexibility index (Phi) is 4.27. The average molecular weight is 269 g/mol. The summed E-state index contributed by atoms with van der Waals surface area (Å²) in [6.07, 6.45) is 3.09. The summed E-state index contributed by atoms with van der Waals surface area (Å²) in [4.78, 5) is 12.7. The van der Waals surface area contributed by atoms with Crippen molar-refractivity contribution in [3.63, 3.8) is 0 Å². The van der Waals surface area contributed by atoms with Gasteiger partial charge in [0, 0.05) is 6.20 Å². The molecule has 0 saturated carbocycles. The van der Waals surface area contributed by atoms with Crippen molar-refractivity contribution in [1.82, 2.24) is 4.90 Å². The molecule has 18 heavy (non-hydrogen) atoms. The second kappa shape index (κ2) is 5.18. The Bertz CT molecular complexity index is 369. The van der Waals surface area contributed by atoms with Gasteiger partial charge in [-0.2, -0.15) is 0 Å². The average Bonchev–Trinajstić information content (AvgIpc) is 2.58. The highest BCUT2D eigenvalue weighted by atomic mass is 28.4. The smallest absolute Gasteiger partial charge is 0.413 e. The van der Waals surface area contributed by atoms with Crippen molar-refractivity contribution in [2.75, 3.05) is 13.2 Å². The molecule has 1 aliphatic rings. The highest BCUT2D eigenvalue weighted by molar-refractivity contribution is 6.74. The first-order valence-corrected chi connectivity index (χ1v) is 9.04. The molecule has 1 aliphatic heterocycles. The van der Waals surface area contributed by atoms with Crippen LogP contribution < -0.4 is 0 Å². The molecule has 0 atom stereocenters. The number of carbonyl (C=O) groups is 1. The summed E-state index contributed by atoms with van der Waals surface area (Å²) in [5.74, 6) is 0.598. The van der Waals surface area contributed by atoms with Crippen LogP contribution in [0.4, 0.5) is 4.79 Å². The van der Waals surface area contributed by atoms with Crippen molar-refractivity contribution < 1.29 is 14.0 Å². The van der Waals surface area contributed by atoms with E-state index >= 15 is 0 Å². The van der Waals surface area contributed by atoms with E-state index in [4.69, 9.17) is 9.16 Å². The van der Waals surface area contributed by atoms with Crippen LogP contribution in [-0.2, 0) is 9.16 Å². The fourth-order valence-electron chi connectivity index (χ4n) is 1.23. The molecule has 0 aromatic heterocycles. The van der Waals surface area contributed by atoms with Gasteiger partial charge in [-0.25, -0.2) is 4.79 Å². The van der Waals surface area contributed by atoms with Crippen molar-refractivity contribution in [3.05, 3.63) is 24.6 Å². The van der Waals surface area contributed by atoms with Crippen molar-refractivity contribution in [2.24, 2.45) is 0 Å². The molecule has 0 aromatic carbocycles. The van der Waals surface area contributed by atoms with E-state index in [-0.39, 0.29) is 11.1 Å². The molecule has 1 saturated heterocycles. The number of hydrogen-bond acceptors (Lipinski definition) is 3. The molecule has 102 valence electrons.